The molecule has 9 heteroatoms. The van der Waals surface area contributed by atoms with Gasteiger partial charge in [0.25, 0.3) is 0 Å². The summed E-state index contributed by atoms with van der Waals surface area (Å²) in [6.07, 6.45) is 2.68. The SMILES string of the molecule is O=[N+]([O-])N=C1SCCCN1Cc1cnc(Cl)s1. The molecule has 0 N–H and O–H groups in total. The van der Waals surface area contributed by atoms with Crippen LogP contribution in [0.5, 0.6) is 0 Å². The number of hydrogen-bond donors (Lipinski definition) is 0. The highest BCUT2D eigenvalue weighted by Crippen LogP contribution is 2.24. The van der Waals surface area contributed by atoms with E-state index < -0.39 is 5.03 Å². The van der Waals surface area contributed by atoms with Crippen LogP contribution in [-0.4, -0.2) is 32.4 Å². The predicted molar refractivity (Wildman–Crippen MR) is 69.0 cm³/mol. The van der Waals surface area contributed by atoms with Gasteiger partial charge in [-0.25, -0.2) is 15.1 Å². The van der Waals surface area contributed by atoms with Crippen molar-refractivity contribution in [3.05, 3.63) is 25.7 Å². The summed E-state index contributed by atoms with van der Waals surface area (Å²) in [4.78, 5) is 17.2. The molecule has 0 aromatic carbocycles. The van der Waals surface area contributed by atoms with Crippen molar-refractivity contribution in [1.82, 2.24) is 9.88 Å². The monoisotopic (exact) mass is 292 g/mol. The Labute approximate surface area is 111 Å². The second kappa shape index (κ2) is 5.65. The Kier molecular flexibility index (Phi) is 4.19. The van der Waals surface area contributed by atoms with Crippen LogP contribution in [0.15, 0.2) is 11.3 Å². The molecule has 2 heterocycles. The van der Waals surface area contributed by atoms with Gasteiger partial charge in [0.15, 0.2) is 9.50 Å². The smallest absolute Gasteiger partial charge is 0.237 e. The largest absolute Gasteiger partial charge is 0.341 e. The fraction of sp³-hybridized carbons (Fsp3) is 0.500. The highest BCUT2D eigenvalue weighted by Gasteiger charge is 2.21. The molecular weight excluding hydrogens is 284 g/mol. The Hall–Kier alpha value is -0.860. The summed E-state index contributed by atoms with van der Waals surface area (Å²) in [5.74, 6) is 0.868. The molecule has 17 heavy (non-hydrogen) atoms. The molecule has 1 aromatic rings. The third kappa shape index (κ3) is 3.55. The van der Waals surface area contributed by atoms with Crippen LogP contribution >= 0.6 is 34.7 Å². The molecule has 0 spiro atoms. The fourth-order valence-corrected chi connectivity index (χ4v) is 3.37. The average Bonchev–Trinajstić information content (AvgIpc) is 2.66. The Balaban J connectivity index is 2.09. The Bertz CT molecular complexity index is 450. The van der Waals surface area contributed by atoms with Gasteiger partial charge in [0.2, 0.25) is 5.17 Å². The molecule has 0 atom stereocenters. The van der Waals surface area contributed by atoms with E-state index in [0.717, 1.165) is 23.6 Å². The van der Waals surface area contributed by atoms with Gasteiger partial charge in [0.1, 0.15) is 0 Å². The van der Waals surface area contributed by atoms with E-state index >= 15 is 0 Å². The van der Waals surface area contributed by atoms with Gasteiger partial charge < -0.3 is 4.90 Å². The maximum atomic E-state index is 10.4. The molecule has 6 nitrogen and oxygen atoms in total. The lowest BCUT2D eigenvalue weighted by molar-refractivity contribution is -0.485. The zero-order valence-corrected chi connectivity index (χ0v) is 11.1. The van der Waals surface area contributed by atoms with E-state index in [1.807, 2.05) is 4.90 Å². The summed E-state index contributed by atoms with van der Waals surface area (Å²) >= 11 is 8.54. The molecule has 1 saturated heterocycles. The van der Waals surface area contributed by atoms with Gasteiger partial charge in [-0.2, -0.15) is 0 Å². The average molecular weight is 293 g/mol. The van der Waals surface area contributed by atoms with Gasteiger partial charge in [-0.15, -0.1) is 11.3 Å². The maximum absolute atomic E-state index is 10.4. The van der Waals surface area contributed by atoms with Gasteiger partial charge in [-0.05, 0) is 6.42 Å². The number of amidine groups is 1. The number of nitro groups is 1. The van der Waals surface area contributed by atoms with Crippen molar-refractivity contribution in [1.29, 1.82) is 0 Å². The van der Waals surface area contributed by atoms with Crippen molar-refractivity contribution in [3.8, 4) is 0 Å². The quantitative estimate of drug-likeness (QED) is 0.631. The van der Waals surface area contributed by atoms with E-state index in [9.17, 15) is 10.1 Å². The molecule has 0 radical (unpaired) electrons. The van der Waals surface area contributed by atoms with Crippen LogP contribution < -0.4 is 0 Å². The molecule has 0 saturated carbocycles. The fourth-order valence-electron chi connectivity index (χ4n) is 1.46. The highest BCUT2D eigenvalue weighted by atomic mass is 35.5. The number of thioether (sulfide) groups is 1. The van der Waals surface area contributed by atoms with E-state index in [0.29, 0.717) is 16.2 Å². The number of rotatable bonds is 3. The molecule has 0 bridgehead atoms. The first kappa shape index (κ1) is 12.6. The predicted octanol–water partition coefficient (Wildman–Crippen LogP) is 2.28. The summed E-state index contributed by atoms with van der Waals surface area (Å²) in [6.45, 7) is 1.35. The van der Waals surface area contributed by atoms with Gasteiger partial charge in [0.05, 0.1) is 11.6 Å². The van der Waals surface area contributed by atoms with Crippen LogP contribution in [-0.2, 0) is 6.54 Å². The standard InChI is InChI=1S/C8H9ClN4O2S2/c9-7-10-4-6(17-7)5-12-2-1-3-16-8(12)11-13(14)15/h4H,1-3,5H2. The molecule has 1 aromatic heterocycles. The molecule has 0 unspecified atom stereocenters. The lowest BCUT2D eigenvalue weighted by atomic mass is 10.4. The summed E-state index contributed by atoms with van der Waals surface area (Å²) in [6, 6.07) is 0. The second-order valence-corrected chi connectivity index (χ2v) is 6.08. The summed E-state index contributed by atoms with van der Waals surface area (Å²) < 4.78 is 0.484. The molecule has 0 aliphatic carbocycles. The number of aromatic nitrogens is 1. The van der Waals surface area contributed by atoms with Crippen LogP contribution in [0, 0.1) is 10.1 Å². The van der Waals surface area contributed by atoms with Crippen LogP contribution in [0.25, 0.3) is 0 Å². The zero-order valence-electron chi connectivity index (χ0n) is 8.71. The minimum atomic E-state index is -0.652. The first-order valence-corrected chi connectivity index (χ1v) is 7.04. The third-order valence-corrected chi connectivity index (χ3v) is 4.30. The second-order valence-electron chi connectivity index (χ2n) is 3.32. The number of hydrogen-bond acceptors (Lipinski definition) is 5. The lowest BCUT2D eigenvalue weighted by Gasteiger charge is -2.26. The van der Waals surface area contributed by atoms with Crippen LogP contribution in [0.1, 0.15) is 11.3 Å². The zero-order chi connectivity index (χ0) is 12.3. The van der Waals surface area contributed by atoms with Gasteiger partial charge in [-0.1, -0.05) is 23.4 Å². The molecule has 0 amide bonds. The van der Waals surface area contributed by atoms with Crippen LogP contribution in [0.2, 0.25) is 4.47 Å². The van der Waals surface area contributed by atoms with Gasteiger partial charge >= 0.3 is 0 Å². The third-order valence-electron chi connectivity index (χ3n) is 2.11. The molecule has 92 valence electrons. The van der Waals surface area contributed by atoms with Crippen LogP contribution in [0.4, 0.5) is 0 Å². The molecular formula is C8H9ClN4O2S2. The van der Waals surface area contributed by atoms with Crippen molar-refractivity contribution in [3.63, 3.8) is 0 Å². The van der Waals surface area contributed by atoms with E-state index in [-0.39, 0.29) is 0 Å². The first-order valence-electron chi connectivity index (χ1n) is 4.86. The topological polar surface area (TPSA) is 71.6 Å². The summed E-state index contributed by atoms with van der Waals surface area (Å²) in [7, 11) is 0. The van der Waals surface area contributed by atoms with Gasteiger partial charge in [0, 0.05) is 23.4 Å². The maximum Gasteiger partial charge on any atom is 0.237 e. The van der Waals surface area contributed by atoms with E-state index in [1.165, 1.54) is 23.1 Å². The van der Waals surface area contributed by atoms with E-state index in [1.54, 1.807) is 6.20 Å². The Morgan fingerprint density at radius 1 is 1.71 bits per heavy atom. The molecule has 2 rings (SSSR count). The molecule has 1 aliphatic rings. The lowest BCUT2D eigenvalue weighted by Crippen LogP contribution is -2.33. The van der Waals surface area contributed by atoms with E-state index in [4.69, 9.17) is 11.6 Å². The van der Waals surface area contributed by atoms with Crippen molar-refractivity contribution < 1.29 is 5.03 Å². The minimum absolute atomic E-state index is 0.464. The van der Waals surface area contributed by atoms with E-state index in [2.05, 4.69) is 10.1 Å². The number of nitrogens with zero attached hydrogens (tertiary/aromatic N) is 4. The Morgan fingerprint density at radius 2 is 2.53 bits per heavy atom. The Morgan fingerprint density at radius 3 is 3.18 bits per heavy atom. The van der Waals surface area contributed by atoms with Gasteiger partial charge in [-0.3, -0.25) is 0 Å². The highest BCUT2D eigenvalue weighted by molar-refractivity contribution is 8.13. The first-order chi connectivity index (χ1) is 8.15. The van der Waals surface area contributed by atoms with Crippen molar-refractivity contribution in [2.75, 3.05) is 12.3 Å². The number of hydrazone groups is 1. The molecule has 1 aliphatic heterocycles. The number of thiazole rings is 1. The normalized spacial score (nSPS) is 18.6. The molecule has 1 fully saturated rings. The summed E-state index contributed by atoms with van der Waals surface area (Å²) in [5, 5.41) is 13.6. The van der Waals surface area contributed by atoms with Crippen LogP contribution in [0.3, 0.4) is 0 Å². The van der Waals surface area contributed by atoms with Crippen molar-refractivity contribution in [2.24, 2.45) is 5.10 Å². The number of halogens is 1. The van der Waals surface area contributed by atoms with Crippen molar-refractivity contribution in [2.45, 2.75) is 13.0 Å². The summed E-state index contributed by atoms with van der Waals surface area (Å²) in [5.41, 5.74) is 0. The van der Waals surface area contributed by atoms with Crippen molar-refractivity contribution >= 4 is 39.9 Å². The minimum Gasteiger partial charge on any atom is -0.341 e.